The van der Waals surface area contributed by atoms with Crippen LogP contribution in [0.5, 0.6) is 0 Å². The van der Waals surface area contributed by atoms with Gasteiger partial charge in [-0.25, -0.2) is 4.79 Å². The molecule has 0 amide bonds. The molecule has 0 saturated carbocycles. The number of rotatable bonds is 3. The molecule has 2 rings (SSSR count). The summed E-state index contributed by atoms with van der Waals surface area (Å²) in [6.45, 7) is 4.42. The van der Waals surface area contributed by atoms with Crippen LogP contribution in [-0.2, 0) is 6.42 Å². The molecule has 0 bridgehead atoms. The molecule has 2 aromatic rings. The van der Waals surface area contributed by atoms with Crippen molar-refractivity contribution in [3.63, 3.8) is 0 Å². The first-order chi connectivity index (χ1) is 8.15. The summed E-state index contributed by atoms with van der Waals surface area (Å²) in [6.07, 6.45) is 0.770. The fourth-order valence-corrected chi connectivity index (χ4v) is 2.01. The van der Waals surface area contributed by atoms with E-state index in [2.05, 4.69) is 4.98 Å². The summed E-state index contributed by atoms with van der Waals surface area (Å²) >= 11 is 0. The molecular formula is C13H17N3O. The monoisotopic (exact) mass is 231 g/mol. The normalized spacial score (nSPS) is 10.8. The quantitative estimate of drug-likeness (QED) is 0.836. The van der Waals surface area contributed by atoms with Gasteiger partial charge in [-0.3, -0.25) is 4.57 Å². The summed E-state index contributed by atoms with van der Waals surface area (Å²) in [5.41, 5.74) is 9.36. The first-order valence-corrected chi connectivity index (χ1v) is 5.71. The lowest BCUT2D eigenvalue weighted by Gasteiger charge is -2.10. The predicted molar refractivity (Wildman–Crippen MR) is 68.6 cm³/mol. The second-order valence-corrected chi connectivity index (χ2v) is 4.14. The molecule has 0 fully saturated rings. The number of para-hydroxylation sites is 1. The molecular weight excluding hydrogens is 214 g/mol. The molecule has 1 heterocycles. The Hall–Kier alpha value is -1.81. The third kappa shape index (κ3) is 2.03. The highest BCUT2D eigenvalue weighted by Gasteiger charge is 2.11. The smallest absolute Gasteiger partial charge is 0.330 e. The van der Waals surface area contributed by atoms with Gasteiger partial charge in [0.05, 0.1) is 5.69 Å². The van der Waals surface area contributed by atoms with Gasteiger partial charge in [0.15, 0.2) is 0 Å². The van der Waals surface area contributed by atoms with Crippen molar-refractivity contribution in [1.82, 2.24) is 9.55 Å². The summed E-state index contributed by atoms with van der Waals surface area (Å²) < 4.78 is 1.71. The molecule has 4 nitrogen and oxygen atoms in total. The Kier molecular flexibility index (Phi) is 3.15. The zero-order valence-corrected chi connectivity index (χ0v) is 10.2. The van der Waals surface area contributed by atoms with Gasteiger partial charge in [0.25, 0.3) is 0 Å². The fourth-order valence-electron chi connectivity index (χ4n) is 2.01. The van der Waals surface area contributed by atoms with Crippen LogP contribution in [0.15, 0.2) is 29.1 Å². The number of aromatic nitrogens is 2. The van der Waals surface area contributed by atoms with E-state index in [1.54, 1.807) is 4.57 Å². The minimum Gasteiger partial charge on any atom is -0.330 e. The number of benzene rings is 1. The van der Waals surface area contributed by atoms with E-state index in [1.807, 2.05) is 38.1 Å². The highest BCUT2D eigenvalue weighted by atomic mass is 16.1. The molecule has 0 atom stereocenters. The van der Waals surface area contributed by atoms with E-state index in [1.165, 1.54) is 0 Å². The van der Waals surface area contributed by atoms with Crippen LogP contribution in [0.25, 0.3) is 5.69 Å². The summed E-state index contributed by atoms with van der Waals surface area (Å²) in [4.78, 5) is 14.7. The number of hydrogen-bond acceptors (Lipinski definition) is 2. The minimum atomic E-state index is -0.0931. The van der Waals surface area contributed by atoms with Gasteiger partial charge in [-0.05, 0) is 38.4 Å². The lowest BCUT2D eigenvalue weighted by atomic mass is 10.1. The van der Waals surface area contributed by atoms with Gasteiger partial charge >= 0.3 is 5.69 Å². The lowest BCUT2D eigenvalue weighted by molar-refractivity contribution is 0.897. The maximum absolute atomic E-state index is 11.9. The number of nitrogens with one attached hydrogen (secondary N) is 1. The van der Waals surface area contributed by atoms with E-state index in [0.717, 1.165) is 29.1 Å². The van der Waals surface area contributed by atoms with Gasteiger partial charge in [-0.1, -0.05) is 18.2 Å². The van der Waals surface area contributed by atoms with Crippen LogP contribution in [0.3, 0.4) is 0 Å². The van der Waals surface area contributed by atoms with Gasteiger partial charge < -0.3 is 10.7 Å². The standard InChI is InChI=1S/C13H17N3O/c1-9-10(2)16(13(17)15-9)12-6-4-3-5-11(12)7-8-14/h3-6H,7-8,14H2,1-2H3,(H,15,17). The molecule has 0 aliphatic heterocycles. The Bertz CT molecular complexity index is 581. The summed E-state index contributed by atoms with van der Waals surface area (Å²) in [5, 5.41) is 0. The van der Waals surface area contributed by atoms with Crippen LogP contribution in [0.4, 0.5) is 0 Å². The maximum atomic E-state index is 11.9. The first kappa shape index (κ1) is 11.7. The molecule has 0 aliphatic rings. The highest BCUT2D eigenvalue weighted by Crippen LogP contribution is 2.16. The molecule has 1 aromatic heterocycles. The van der Waals surface area contributed by atoms with Crippen LogP contribution in [0, 0.1) is 13.8 Å². The predicted octanol–water partition coefficient (Wildman–Crippen LogP) is 1.28. The summed E-state index contributed by atoms with van der Waals surface area (Å²) in [6, 6.07) is 7.86. The van der Waals surface area contributed by atoms with Gasteiger partial charge in [0.1, 0.15) is 0 Å². The van der Waals surface area contributed by atoms with Crippen molar-refractivity contribution < 1.29 is 0 Å². The molecule has 17 heavy (non-hydrogen) atoms. The zero-order valence-electron chi connectivity index (χ0n) is 10.2. The van der Waals surface area contributed by atoms with Crippen molar-refractivity contribution in [3.8, 4) is 5.69 Å². The van der Waals surface area contributed by atoms with E-state index in [4.69, 9.17) is 5.73 Å². The van der Waals surface area contributed by atoms with Crippen molar-refractivity contribution in [2.75, 3.05) is 6.54 Å². The largest absolute Gasteiger partial charge is 0.330 e. The fraction of sp³-hybridized carbons (Fsp3) is 0.308. The van der Waals surface area contributed by atoms with Crippen LogP contribution in [-0.4, -0.2) is 16.1 Å². The van der Waals surface area contributed by atoms with Gasteiger partial charge in [0, 0.05) is 11.4 Å². The van der Waals surface area contributed by atoms with Gasteiger partial charge in [0.2, 0.25) is 0 Å². The Morgan fingerprint density at radius 2 is 2.00 bits per heavy atom. The lowest BCUT2D eigenvalue weighted by Crippen LogP contribution is -2.18. The second kappa shape index (κ2) is 4.59. The van der Waals surface area contributed by atoms with Crippen LogP contribution in [0.1, 0.15) is 17.0 Å². The third-order valence-corrected chi connectivity index (χ3v) is 3.02. The Morgan fingerprint density at radius 3 is 2.59 bits per heavy atom. The number of aryl methyl sites for hydroxylation is 1. The van der Waals surface area contributed by atoms with E-state index < -0.39 is 0 Å². The molecule has 90 valence electrons. The summed E-state index contributed by atoms with van der Waals surface area (Å²) in [5.74, 6) is 0. The summed E-state index contributed by atoms with van der Waals surface area (Å²) in [7, 11) is 0. The van der Waals surface area contributed by atoms with E-state index in [0.29, 0.717) is 6.54 Å². The molecule has 3 N–H and O–H groups in total. The SMILES string of the molecule is Cc1[nH]c(=O)n(-c2ccccc2CCN)c1C. The number of nitrogens with zero attached hydrogens (tertiary/aromatic N) is 1. The van der Waals surface area contributed by atoms with Crippen molar-refractivity contribution in [2.24, 2.45) is 5.73 Å². The molecule has 0 aliphatic carbocycles. The number of imidazole rings is 1. The van der Waals surface area contributed by atoms with Crippen molar-refractivity contribution >= 4 is 0 Å². The van der Waals surface area contributed by atoms with E-state index in [-0.39, 0.29) is 5.69 Å². The van der Waals surface area contributed by atoms with E-state index in [9.17, 15) is 4.79 Å². The number of nitrogens with two attached hydrogens (primary N) is 1. The number of H-pyrrole nitrogens is 1. The zero-order chi connectivity index (χ0) is 12.4. The maximum Gasteiger partial charge on any atom is 0.330 e. The van der Waals surface area contributed by atoms with Crippen LogP contribution >= 0.6 is 0 Å². The molecule has 1 aromatic carbocycles. The Balaban J connectivity index is 2.64. The topological polar surface area (TPSA) is 63.8 Å². The third-order valence-electron chi connectivity index (χ3n) is 3.02. The van der Waals surface area contributed by atoms with Gasteiger partial charge in [-0.2, -0.15) is 0 Å². The average molecular weight is 231 g/mol. The van der Waals surface area contributed by atoms with E-state index >= 15 is 0 Å². The van der Waals surface area contributed by atoms with Crippen molar-refractivity contribution in [3.05, 3.63) is 51.7 Å². The number of hydrogen-bond donors (Lipinski definition) is 2. The van der Waals surface area contributed by atoms with Crippen molar-refractivity contribution in [1.29, 1.82) is 0 Å². The van der Waals surface area contributed by atoms with Crippen molar-refractivity contribution in [2.45, 2.75) is 20.3 Å². The minimum absolute atomic E-state index is 0.0931. The first-order valence-electron chi connectivity index (χ1n) is 5.71. The Morgan fingerprint density at radius 1 is 1.29 bits per heavy atom. The molecule has 0 unspecified atom stereocenters. The van der Waals surface area contributed by atoms with Gasteiger partial charge in [-0.15, -0.1) is 0 Å². The molecule has 4 heteroatoms. The Labute approximate surface area is 100 Å². The number of aromatic amines is 1. The molecule has 0 radical (unpaired) electrons. The van der Waals surface area contributed by atoms with Crippen LogP contribution in [0.2, 0.25) is 0 Å². The second-order valence-electron chi connectivity index (χ2n) is 4.14. The highest BCUT2D eigenvalue weighted by molar-refractivity contribution is 5.43. The van der Waals surface area contributed by atoms with Crippen LogP contribution < -0.4 is 11.4 Å². The molecule has 0 saturated heterocycles. The molecule has 0 spiro atoms. The average Bonchev–Trinajstić information content (AvgIpc) is 2.55.